The minimum absolute atomic E-state index is 0.180. The van der Waals surface area contributed by atoms with Gasteiger partial charge in [0.2, 0.25) is 0 Å². The average molecular weight is 297 g/mol. The van der Waals surface area contributed by atoms with Crippen LogP contribution in [0.4, 0.5) is 0 Å². The molecule has 126 valence electrons. The van der Waals surface area contributed by atoms with Crippen molar-refractivity contribution in [3.8, 4) is 0 Å². The van der Waals surface area contributed by atoms with Crippen molar-refractivity contribution in [3.63, 3.8) is 0 Å². The molecule has 0 bridgehead atoms. The van der Waals surface area contributed by atoms with Gasteiger partial charge in [0.05, 0.1) is 0 Å². The van der Waals surface area contributed by atoms with E-state index >= 15 is 0 Å². The summed E-state index contributed by atoms with van der Waals surface area (Å²) in [5.74, 6) is 1.39. The van der Waals surface area contributed by atoms with Gasteiger partial charge in [-0.25, -0.2) is 0 Å². The van der Waals surface area contributed by atoms with E-state index in [1.54, 1.807) is 0 Å². The molecule has 0 unspecified atom stereocenters. The Hall–Kier alpha value is -0.0800. The molecule has 0 heterocycles. The van der Waals surface area contributed by atoms with Crippen molar-refractivity contribution in [2.24, 2.45) is 28.4 Å². The normalized spacial score (nSPS) is 24.0. The fraction of sp³-hybridized carbons (Fsp3) is 1.00. The molecule has 0 aromatic rings. The first-order valence-corrected chi connectivity index (χ1v) is 8.87. The van der Waals surface area contributed by atoms with Crippen molar-refractivity contribution in [3.05, 3.63) is 0 Å². The van der Waals surface area contributed by atoms with Gasteiger partial charge in [0.1, 0.15) is 0 Å². The van der Waals surface area contributed by atoms with Gasteiger partial charge < -0.3 is 5.73 Å². The zero-order chi connectivity index (χ0) is 16.5. The van der Waals surface area contributed by atoms with Crippen LogP contribution in [0.1, 0.15) is 74.7 Å². The molecule has 2 N–H and O–H groups in total. The lowest BCUT2D eigenvalue weighted by Crippen LogP contribution is -2.62. The lowest BCUT2D eigenvalue weighted by molar-refractivity contribution is -0.0526. The predicted molar refractivity (Wildman–Crippen MR) is 94.4 cm³/mol. The highest BCUT2D eigenvalue weighted by molar-refractivity contribution is 5.04. The third-order valence-corrected chi connectivity index (χ3v) is 4.79. The lowest BCUT2D eigenvalue weighted by atomic mass is 9.57. The highest BCUT2D eigenvalue weighted by atomic mass is 15.2. The molecule has 0 aromatic carbocycles. The van der Waals surface area contributed by atoms with Gasteiger partial charge in [0, 0.05) is 25.2 Å². The van der Waals surface area contributed by atoms with Gasteiger partial charge in [-0.1, -0.05) is 55.4 Å². The first-order chi connectivity index (χ1) is 9.41. The maximum Gasteiger partial charge on any atom is 0.0342 e. The maximum absolute atomic E-state index is 6.39. The largest absolute Gasteiger partial charge is 0.329 e. The molecule has 0 saturated heterocycles. The van der Waals surface area contributed by atoms with Crippen LogP contribution in [0.25, 0.3) is 0 Å². The zero-order valence-corrected chi connectivity index (χ0v) is 15.9. The Morgan fingerprint density at radius 1 is 0.810 bits per heavy atom. The summed E-state index contributed by atoms with van der Waals surface area (Å²) in [4.78, 5) is 2.74. The molecule has 1 saturated carbocycles. The molecule has 0 radical (unpaired) electrons. The minimum atomic E-state index is 0.180. The highest BCUT2D eigenvalue weighted by Crippen LogP contribution is 2.52. The number of nitrogens with two attached hydrogens (primary N) is 1. The Morgan fingerprint density at radius 3 is 1.48 bits per heavy atom. The van der Waals surface area contributed by atoms with Crippen molar-refractivity contribution in [1.82, 2.24) is 4.90 Å². The number of hydrogen-bond donors (Lipinski definition) is 1. The molecule has 0 aliphatic heterocycles. The van der Waals surface area contributed by atoms with Crippen molar-refractivity contribution >= 4 is 0 Å². The van der Waals surface area contributed by atoms with Crippen molar-refractivity contribution in [2.45, 2.75) is 80.2 Å². The summed E-state index contributed by atoms with van der Waals surface area (Å²) in [5, 5.41) is 0. The fourth-order valence-corrected chi connectivity index (χ4v) is 5.11. The van der Waals surface area contributed by atoms with Gasteiger partial charge in [0.15, 0.2) is 0 Å². The molecule has 2 heteroatoms. The summed E-state index contributed by atoms with van der Waals surface area (Å²) in [6.07, 6.45) is 3.78. The smallest absolute Gasteiger partial charge is 0.0342 e. The zero-order valence-electron chi connectivity index (χ0n) is 15.9. The number of nitrogens with zero attached hydrogens (tertiary/aromatic N) is 1. The Morgan fingerprint density at radius 2 is 1.19 bits per heavy atom. The van der Waals surface area contributed by atoms with Crippen LogP contribution in [0.15, 0.2) is 0 Å². The summed E-state index contributed by atoms with van der Waals surface area (Å²) in [6.45, 7) is 22.2. The predicted octanol–water partition coefficient (Wildman–Crippen LogP) is 4.53. The van der Waals surface area contributed by atoms with Crippen LogP contribution in [0.2, 0.25) is 0 Å². The quantitative estimate of drug-likeness (QED) is 0.780. The summed E-state index contributed by atoms with van der Waals surface area (Å²) in [5.41, 5.74) is 7.34. The first-order valence-electron chi connectivity index (χ1n) is 8.87. The monoisotopic (exact) mass is 296 g/mol. The molecule has 1 aliphatic rings. The standard InChI is InChI=1S/C19H40N2/c1-15(2)9-21(10-16(3)4)19(14-20)12-17(5,6)11-18(7,8)13-19/h15-16H,9-14,20H2,1-8H3. The molecule has 2 nitrogen and oxygen atoms in total. The van der Waals surface area contributed by atoms with E-state index in [1.165, 1.54) is 32.4 Å². The molecule has 0 amide bonds. The average Bonchev–Trinajstić information content (AvgIpc) is 2.22. The van der Waals surface area contributed by atoms with E-state index in [0.29, 0.717) is 22.7 Å². The van der Waals surface area contributed by atoms with Crippen LogP contribution in [-0.2, 0) is 0 Å². The molecule has 0 atom stereocenters. The van der Waals surface area contributed by atoms with Gasteiger partial charge in [-0.15, -0.1) is 0 Å². The van der Waals surface area contributed by atoms with E-state index < -0.39 is 0 Å². The van der Waals surface area contributed by atoms with Crippen LogP contribution < -0.4 is 5.73 Å². The summed E-state index contributed by atoms with van der Waals surface area (Å²) in [6, 6.07) is 0. The Balaban J connectivity index is 3.13. The van der Waals surface area contributed by atoms with Crippen LogP contribution in [0.3, 0.4) is 0 Å². The van der Waals surface area contributed by atoms with Crippen molar-refractivity contribution in [2.75, 3.05) is 19.6 Å². The van der Waals surface area contributed by atoms with E-state index in [2.05, 4.69) is 60.3 Å². The second-order valence-corrected chi connectivity index (χ2v) is 9.98. The summed E-state index contributed by atoms with van der Waals surface area (Å²) < 4.78 is 0. The third-order valence-electron chi connectivity index (χ3n) is 4.79. The van der Waals surface area contributed by atoms with Crippen molar-refractivity contribution < 1.29 is 0 Å². The Kier molecular flexibility index (Phi) is 5.94. The molecule has 1 aliphatic carbocycles. The number of hydrogen-bond acceptors (Lipinski definition) is 2. The van der Waals surface area contributed by atoms with Crippen LogP contribution in [-0.4, -0.2) is 30.1 Å². The number of rotatable bonds is 6. The lowest BCUT2D eigenvalue weighted by Gasteiger charge is -2.57. The molecule has 1 rings (SSSR count). The van der Waals surface area contributed by atoms with Crippen LogP contribution in [0, 0.1) is 22.7 Å². The summed E-state index contributed by atoms with van der Waals surface area (Å²) in [7, 11) is 0. The second kappa shape index (κ2) is 6.58. The van der Waals surface area contributed by atoms with E-state index in [4.69, 9.17) is 5.73 Å². The summed E-state index contributed by atoms with van der Waals surface area (Å²) >= 11 is 0. The van der Waals surface area contributed by atoms with Gasteiger partial charge >= 0.3 is 0 Å². The van der Waals surface area contributed by atoms with E-state index in [1.807, 2.05) is 0 Å². The highest BCUT2D eigenvalue weighted by Gasteiger charge is 2.49. The SMILES string of the molecule is CC(C)CN(CC(C)C)C1(CN)CC(C)(C)CC(C)(C)C1. The molecule has 1 fully saturated rings. The van der Waals surface area contributed by atoms with E-state index in [-0.39, 0.29) is 5.54 Å². The topological polar surface area (TPSA) is 29.3 Å². The van der Waals surface area contributed by atoms with Crippen LogP contribution >= 0.6 is 0 Å². The van der Waals surface area contributed by atoms with Gasteiger partial charge in [-0.3, -0.25) is 4.90 Å². The third kappa shape index (κ3) is 5.25. The molecule has 0 spiro atoms. The molecule has 0 aromatic heterocycles. The first kappa shape index (κ1) is 19.0. The van der Waals surface area contributed by atoms with Crippen molar-refractivity contribution in [1.29, 1.82) is 0 Å². The van der Waals surface area contributed by atoms with Gasteiger partial charge in [-0.05, 0) is 41.9 Å². The molecular formula is C19H40N2. The fourth-order valence-electron chi connectivity index (χ4n) is 5.11. The van der Waals surface area contributed by atoms with E-state index in [9.17, 15) is 0 Å². The Labute approximate surface area is 133 Å². The van der Waals surface area contributed by atoms with Crippen LogP contribution in [0.5, 0.6) is 0 Å². The Bertz CT molecular complexity index is 302. The molecular weight excluding hydrogens is 256 g/mol. The minimum Gasteiger partial charge on any atom is -0.329 e. The van der Waals surface area contributed by atoms with E-state index in [0.717, 1.165) is 6.54 Å². The van der Waals surface area contributed by atoms with Gasteiger partial charge in [-0.2, -0.15) is 0 Å². The molecule has 21 heavy (non-hydrogen) atoms. The van der Waals surface area contributed by atoms with Gasteiger partial charge in [0.25, 0.3) is 0 Å². The maximum atomic E-state index is 6.39. The second-order valence-electron chi connectivity index (χ2n) is 9.98.